The van der Waals surface area contributed by atoms with E-state index in [2.05, 4.69) is 9.05 Å². The first-order valence-electron chi connectivity index (χ1n) is 8.18. The average molecular weight is 790 g/mol. The summed E-state index contributed by atoms with van der Waals surface area (Å²) < 4.78 is 51.8. The minimum atomic E-state index is -5.72. The molecular formula is C14H12Cl2Cu3O14P4. The molecule has 4 unspecified atom stereocenters. The monoisotopic (exact) mass is 787 g/mol. The molecule has 2 aromatic rings. The Bertz CT molecular complexity index is 1100. The molecule has 2 N–H and O–H groups in total. The van der Waals surface area contributed by atoms with Crippen molar-refractivity contribution in [3.05, 3.63) is 58.6 Å². The molecule has 0 heterocycles. The molecule has 37 heavy (non-hydrogen) atoms. The van der Waals surface area contributed by atoms with Crippen LogP contribution >= 0.6 is 53.6 Å². The Kier molecular flexibility index (Phi) is 19.3. The smallest absolute Gasteiger partial charge is 0.809 e. The first-order chi connectivity index (χ1) is 15.3. The van der Waals surface area contributed by atoms with Gasteiger partial charge in [0.05, 0.1) is 10.0 Å². The fourth-order valence-electron chi connectivity index (χ4n) is 1.75. The summed E-state index contributed by atoms with van der Waals surface area (Å²) in [5, 5.41) is 17.4. The molecule has 0 fully saturated rings. The van der Waals surface area contributed by atoms with Crippen LogP contribution in [0.1, 0.15) is 0 Å². The van der Waals surface area contributed by atoms with Gasteiger partial charge in [0.25, 0.3) is 0 Å². The second-order valence-corrected chi connectivity index (χ2v) is 14.2. The van der Waals surface area contributed by atoms with Gasteiger partial charge in [0.2, 0.25) is 15.2 Å². The number of aliphatic hydroxyl groups is 2. The minimum absolute atomic E-state index is 0. The maximum Gasteiger partial charge on any atom is 2.00 e. The molecule has 0 aliphatic carbocycles. The van der Waals surface area contributed by atoms with E-state index in [1.807, 2.05) is 0 Å². The zero-order valence-electron chi connectivity index (χ0n) is 17.0. The van der Waals surface area contributed by atoms with E-state index in [0.717, 1.165) is 12.1 Å². The van der Waals surface area contributed by atoms with E-state index in [4.69, 9.17) is 33.4 Å². The quantitative estimate of drug-likeness (QED) is 0.238. The number of hydrogen-bond donors (Lipinski definition) is 2. The third-order valence-corrected chi connectivity index (χ3v) is 10.4. The zero-order chi connectivity index (χ0) is 26.5. The maximum atomic E-state index is 11.2. The van der Waals surface area contributed by atoms with Crippen molar-refractivity contribution in [2.24, 2.45) is 0 Å². The third-order valence-electron chi connectivity index (χ3n) is 3.26. The summed E-state index contributed by atoms with van der Waals surface area (Å²) in [7, 11) is -22.1. The van der Waals surface area contributed by atoms with E-state index >= 15 is 0 Å². The van der Waals surface area contributed by atoms with Gasteiger partial charge in [-0.2, -0.15) is 0 Å². The Balaban J connectivity index is -0.000000578. The predicted molar refractivity (Wildman–Crippen MR) is 107 cm³/mol. The molecule has 0 spiro atoms. The minimum Gasteiger partial charge on any atom is -0.809 e. The van der Waals surface area contributed by atoms with Crippen LogP contribution in [-0.4, -0.2) is 21.4 Å². The van der Waals surface area contributed by atoms with Crippen LogP contribution in [0.3, 0.4) is 0 Å². The Morgan fingerprint density at radius 3 is 1.05 bits per heavy atom. The summed E-state index contributed by atoms with van der Waals surface area (Å²) in [6.45, 7) is 0. The Hall–Kier alpha value is 0.778. The summed E-state index contributed by atoms with van der Waals surface area (Å²) in [5.74, 6) is -0.750. The Labute approximate surface area is 251 Å². The van der Waals surface area contributed by atoms with Crippen molar-refractivity contribution in [1.29, 1.82) is 0 Å². The van der Waals surface area contributed by atoms with Gasteiger partial charge < -0.3 is 57.8 Å². The van der Waals surface area contributed by atoms with E-state index in [0.29, 0.717) is 0 Å². The molecule has 0 aliphatic heterocycles. The average Bonchev–Trinajstić information content (AvgIpc) is 2.69. The molecule has 0 aliphatic rings. The molecular weight excluding hydrogens is 778 g/mol. The van der Waals surface area contributed by atoms with Crippen molar-refractivity contribution in [3.63, 3.8) is 0 Å². The largest absolute Gasteiger partial charge is 2.00 e. The van der Waals surface area contributed by atoms with Crippen molar-refractivity contribution >= 4 is 53.6 Å². The molecule has 219 valence electrons. The number of rotatable bonds is 8. The molecule has 0 bridgehead atoms. The van der Waals surface area contributed by atoms with Gasteiger partial charge in [-0.05, 0) is 39.5 Å². The number of para-hydroxylation sites is 2. The van der Waals surface area contributed by atoms with E-state index < -0.39 is 41.6 Å². The van der Waals surface area contributed by atoms with Crippen LogP contribution in [0.2, 0.25) is 10.0 Å². The van der Waals surface area contributed by atoms with Crippen LogP contribution in [0.5, 0.6) is 11.5 Å². The normalized spacial score (nSPS) is 15.8. The number of hydrogen-bond acceptors (Lipinski definition) is 14. The van der Waals surface area contributed by atoms with Crippen LogP contribution in [-0.2, 0) is 69.5 Å². The summed E-state index contributed by atoms with van der Waals surface area (Å²) >= 11 is 11.1. The van der Waals surface area contributed by atoms with Crippen molar-refractivity contribution in [2.75, 3.05) is 0 Å². The van der Waals surface area contributed by atoms with Gasteiger partial charge in [0.1, 0.15) is 11.5 Å². The molecule has 2 aromatic carbocycles. The van der Waals surface area contributed by atoms with Crippen LogP contribution in [0.4, 0.5) is 0 Å². The second kappa shape index (κ2) is 16.9. The molecule has 4 atom stereocenters. The first-order valence-corrected chi connectivity index (χ1v) is 15.4. The molecule has 0 saturated carbocycles. The first kappa shape index (κ1) is 42.2. The summed E-state index contributed by atoms with van der Waals surface area (Å²) in [6, 6.07) is 10.6. The van der Waals surface area contributed by atoms with Gasteiger partial charge in [-0.25, -0.2) is 0 Å². The maximum absolute atomic E-state index is 11.2. The van der Waals surface area contributed by atoms with Crippen molar-refractivity contribution < 1.29 is 118 Å². The third kappa shape index (κ3) is 13.8. The predicted octanol–water partition coefficient (Wildman–Crippen LogP) is -1.08. The van der Waals surface area contributed by atoms with E-state index in [1.54, 1.807) is 0 Å². The van der Waals surface area contributed by atoms with Gasteiger partial charge in [0.15, 0.2) is 11.2 Å². The fourth-order valence-corrected chi connectivity index (χ4v) is 6.32. The van der Waals surface area contributed by atoms with Gasteiger partial charge in [-0.1, -0.05) is 47.5 Å². The molecule has 0 aromatic heterocycles. The van der Waals surface area contributed by atoms with E-state index in [9.17, 15) is 47.6 Å². The van der Waals surface area contributed by atoms with Crippen LogP contribution < -0.4 is 38.4 Å². The topological polar surface area (TPSA) is 266 Å². The van der Waals surface area contributed by atoms with Gasteiger partial charge >= 0.3 is 51.2 Å². The van der Waals surface area contributed by atoms with Crippen LogP contribution in [0.25, 0.3) is 0 Å². The number of benzene rings is 2. The summed E-state index contributed by atoms with van der Waals surface area (Å²) in [6.07, 6.45) is 0. The van der Waals surface area contributed by atoms with Gasteiger partial charge in [-0.3, -0.25) is 9.13 Å². The number of aliphatic hydroxyl groups excluding tert-OH is 2. The van der Waals surface area contributed by atoms with Crippen molar-refractivity contribution in [3.8, 4) is 11.5 Å². The molecule has 23 heteroatoms. The van der Waals surface area contributed by atoms with Crippen molar-refractivity contribution in [2.45, 2.75) is 11.2 Å². The molecule has 14 nitrogen and oxygen atoms in total. The van der Waals surface area contributed by atoms with Gasteiger partial charge in [-0.15, -0.1) is 0 Å². The molecule has 2 rings (SSSR count). The second-order valence-electron chi connectivity index (χ2n) is 5.90. The fraction of sp³-hybridized carbons (Fsp3) is 0.143. The SMILES string of the molecule is O=P([O-])([O-])C(O)P(=O)([O-])Oc1ccccc1Cl.O=P([O-])([O-])C(O)P(=O)([O-])Oc1ccccc1Cl.[Cu+2].[Cu+2].[Cu+2]. The zero-order valence-corrected chi connectivity index (χ0v) is 24.9. The van der Waals surface area contributed by atoms with Crippen LogP contribution in [0, 0.1) is 0 Å². The standard InChI is InChI=1S/2C7H9ClO7P2.3Cu/c2*8-5-3-1-2-4-6(5)15-17(13,14)7(9)16(10,11)12;;;/h2*1-4,7,9H,(H,13,14)(H2,10,11,12);;;/q;;3*+2/p-6. The molecule has 0 saturated heterocycles. The Morgan fingerprint density at radius 1 is 0.595 bits per heavy atom. The Morgan fingerprint density at radius 2 is 0.838 bits per heavy atom. The molecule has 0 amide bonds. The number of halogens is 2. The van der Waals surface area contributed by atoms with E-state index in [-0.39, 0.29) is 72.8 Å². The summed E-state index contributed by atoms with van der Waals surface area (Å²) in [4.78, 5) is 64.0. The van der Waals surface area contributed by atoms with Crippen LogP contribution in [0.15, 0.2) is 48.5 Å². The summed E-state index contributed by atoms with van der Waals surface area (Å²) in [5.41, 5.74) is -6.29. The van der Waals surface area contributed by atoms with Crippen molar-refractivity contribution in [1.82, 2.24) is 0 Å². The van der Waals surface area contributed by atoms with E-state index in [1.165, 1.54) is 36.4 Å². The molecule has 3 radical (unpaired) electrons. The van der Waals surface area contributed by atoms with Gasteiger partial charge in [0, 0.05) is 0 Å².